The molecule has 0 fully saturated rings. The van der Waals surface area contributed by atoms with Crippen LogP contribution < -0.4 is 0 Å². The first-order valence-electron chi connectivity index (χ1n) is 2.54. The highest BCUT2D eigenvalue weighted by atomic mass is 35.5. The molecule has 56 valence electrons. The van der Waals surface area contributed by atoms with Gasteiger partial charge in [-0.3, -0.25) is 4.79 Å². The van der Waals surface area contributed by atoms with E-state index < -0.39 is 5.24 Å². The minimum Gasteiger partial charge on any atom is -0.372 e. The van der Waals surface area contributed by atoms with Crippen LogP contribution in [-0.4, -0.2) is 25.0 Å². The van der Waals surface area contributed by atoms with Crippen LogP contribution in [0, 0.1) is 0 Å². The molecule has 0 saturated heterocycles. The topological polar surface area (TPSA) is 75.1 Å². The van der Waals surface area contributed by atoms with Crippen molar-refractivity contribution in [2.45, 2.75) is 0 Å². The molecule has 0 aromatic heterocycles. The number of halogens is 1. The van der Waals surface area contributed by atoms with Gasteiger partial charge in [-0.1, -0.05) is 5.11 Å². The molecule has 0 atom stereocenters. The monoisotopic (exact) mass is 163 g/mol. The molecule has 0 radical (unpaired) electrons. The van der Waals surface area contributed by atoms with Gasteiger partial charge < -0.3 is 4.74 Å². The van der Waals surface area contributed by atoms with Crippen LogP contribution in [0.3, 0.4) is 0 Å². The molecule has 0 aliphatic heterocycles. The van der Waals surface area contributed by atoms with Crippen molar-refractivity contribution in [3.8, 4) is 0 Å². The summed E-state index contributed by atoms with van der Waals surface area (Å²) in [6, 6.07) is 0. The maximum Gasteiger partial charge on any atom is 0.247 e. The predicted octanol–water partition coefficient (Wildman–Crippen LogP) is 1.08. The minimum atomic E-state index is -0.555. The summed E-state index contributed by atoms with van der Waals surface area (Å²) in [6.45, 7) is 0.311. The first-order chi connectivity index (χ1) is 4.77. The number of carbonyl (C=O) groups is 1. The van der Waals surface area contributed by atoms with Crippen LogP contribution in [-0.2, 0) is 9.53 Å². The van der Waals surface area contributed by atoms with E-state index >= 15 is 0 Å². The summed E-state index contributed by atoms with van der Waals surface area (Å²) in [5, 5.41) is 2.62. The fraction of sp³-hybridized carbons (Fsp3) is 0.750. The number of ether oxygens (including phenoxy) is 1. The molecule has 0 rings (SSSR count). The van der Waals surface area contributed by atoms with Crippen LogP contribution >= 0.6 is 11.6 Å². The summed E-state index contributed by atoms with van der Waals surface area (Å²) in [4.78, 5) is 12.5. The van der Waals surface area contributed by atoms with E-state index in [1.54, 1.807) is 0 Å². The molecule has 0 aliphatic rings. The molecule has 0 saturated carbocycles. The zero-order valence-corrected chi connectivity index (χ0v) is 5.91. The van der Waals surface area contributed by atoms with Crippen molar-refractivity contribution < 1.29 is 9.53 Å². The second-order valence-corrected chi connectivity index (χ2v) is 1.78. The summed E-state index contributed by atoms with van der Waals surface area (Å²) in [7, 11) is 0. The lowest BCUT2D eigenvalue weighted by Crippen LogP contribution is -2.04. The Labute approximate surface area is 62.5 Å². The van der Waals surface area contributed by atoms with Gasteiger partial charge >= 0.3 is 0 Å². The van der Waals surface area contributed by atoms with Gasteiger partial charge in [0.05, 0.1) is 6.61 Å². The molecule has 0 spiro atoms. The van der Waals surface area contributed by atoms with Gasteiger partial charge in [-0.2, -0.15) is 0 Å². The normalized spacial score (nSPS) is 8.50. The van der Waals surface area contributed by atoms with Gasteiger partial charge in [-0.15, -0.1) is 0 Å². The molecule has 0 aromatic carbocycles. The molecule has 6 heteroatoms. The number of rotatable bonds is 5. The summed E-state index contributed by atoms with van der Waals surface area (Å²) < 4.78 is 4.65. The van der Waals surface area contributed by atoms with Crippen molar-refractivity contribution in [2.24, 2.45) is 5.11 Å². The van der Waals surface area contributed by atoms with Crippen molar-refractivity contribution >= 4 is 16.8 Å². The number of hydrogen-bond donors (Lipinski definition) is 0. The fourth-order valence-corrected chi connectivity index (χ4v) is 0.380. The first-order valence-corrected chi connectivity index (χ1v) is 2.92. The Morgan fingerprint density at radius 1 is 1.80 bits per heavy atom. The Morgan fingerprint density at radius 3 is 3.00 bits per heavy atom. The average Bonchev–Trinajstić information content (AvgIpc) is 1.87. The summed E-state index contributed by atoms with van der Waals surface area (Å²) >= 11 is 4.92. The molecule has 0 aromatic rings. The van der Waals surface area contributed by atoms with E-state index in [1.165, 1.54) is 0 Å². The lowest BCUT2D eigenvalue weighted by Gasteiger charge is -1.94. The molecule has 5 nitrogen and oxygen atoms in total. The maximum absolute atomic E-state index is 10.0. The molecular weight excluding hydrogens is 158 g/mol. The fourth-order valence-electron chi connectivity index (χ4n) is 0.303. The van der Waals surface area contributed by atoms with Gasteiger partial charge in [0.1, 0.15) is 6.61 Å². The molecule has 0 bridgehead atoms. The SMILES string of the molecule is [N-]=[N+]=NCCOCC(=O)Cl. The molecular formula is C4H6ClN3O2. The maximum atomic E-state index is 10.0. The van der Waals surface area contributed by atoms with E-state index in [2.05, 4.69) is 14.8 Å². The molecule has 10 heavy (non-hydrogen) atoms. The van der Waals surface area contributed by atoms with Gasteiger partial charge in [0, 0.05) is 11.5 Å². The van der Waals surface area contributed by atoms with E-state index in [1.807, 2.05) is 0 Å². The first kappa shape index (κ1) is 9.23. The van der Waals surface area contributed by atoms with Crippen LogP contribution in [0.15, 0.2) is 5.11 Å². The molecule has 0 heterocycles. The van der Waals surface area contributed by atoms with Crippen molar-refractivity contribution in [1.82, 2.24) is 0 Å². The van der Waals surface area contributed by atoms with Gasteiger partial charge in [0.15, 0.2) is 0 Å². The number of azide groups is 1. The number of hydrogen-bond acceptors (Lipinski definition) is 3. The molecule has 0 amide bonds. The van der Waals surface area contributed by atoms with Crippen molar-refractivity contribution in [3.63, 3.8) is 0 Å². The zero-order valence-electron chi connectivity index (χ0n) is 5.16. The van der Waals surface area contributed by atoms with Crippen LogP contribution in [0.4, 0.5) is 0 Å². The molecule has 0 aliphatic carbocycles. The Morgan fingerprint density at radius 2 is 2.50 bits per heavy atom. The minimum absolute atomic E-state index is 0.136. The van der Waals surface area contributed by atoms with Gasteiger partial charge in [-0.05, 0) is 17.1 Å². The standard InChI is InChI=1S/C4H6ClN3O2/c5-4(9)3-10-2-1-7-8-6/h1-3H2. The van der Waals surface area contributed by atoms with Gasteiger partial charge in [-0.25, -0.2) is 0 Å². The highest BCUT2D eigenvalue weighted by molar-refractivity contribution is 6.63. The summed E-state index contributed by atoms with van der Waals surface area (Å²) in [5.41, 5.74) is 7.78. The van der Waals surface area contributed by atoms with Crippen LogP contribution in [0.25, 0.3) is 10.4 Å². The Balaban J connectivity index is 3.05. The highest BCUT2D eigenvalue weighted by Crippen LogP contribution is 1.82. The third-order valence-electron chi connectivity index (χ3n) is 0.614. The second-order valence-electron chi connectivity index (χ2n) is 1.36. The van der Waals surface area contributed by atoms with E-state index in [-0.39, 0.29) is 19.8 Å². The highest BCUT2D eigenvalue weighted by Gasteiger charge is 1.92. The quantitative estimate of drug-likeness (QED) is 0.200. The van der Waals surface area contributed by atoms with Gasteiger partial charge in [0.2, 0.25) is 5.24 Å². The van der Waals surface area contributed by atoms with E-state index in [4.69, 9.17) is 17.1 Å². The second kappa shape index (κ2) is 6.35. The summed E-state index contributed by atoms with van der Waals surface area (Å²) in [6.07, 6.45) is 0. The third kappa shape index (κ3) is 7.23. The zero-order chi connectivity index (χ0) is 7.82. The lowest BCUT2D eigenvalue weighted by atomic mass is 10.7. The van der Waals surface area contributed by atoms with E-state index in [9.17, 15) is 4.79 Å². The van der Waals surface area contributed by atoms with Crippen LogP contribution in [0.5, 0.6) is 0 Å². The number of carbonyl (C=O) groups excluding carboxylic acids is 1. The average molecular weight is 164 g/mol. The predicted molar refractivity (Wildman–Crippen MR) is 35.7 cm³/mol. The Bertz CT molecular complexity index is 151. The summed E-state index contributed by atoms with van der Waals surface area (Å²) in [5.74, 6) is 0. The molecule has 0 unspecified atom stereocenters. The van der Waals surface area contributed by atoms with Crippen LogP contribution in [0.1, 0.15) is 0 Å². The van der Waals surface area contributed by atoms with Gasteiger partial charge in [0.25, 0.3) is 0 Å². The van der Waals surface area contributed by atoms with Crippen molar-refractivity contribution in [2.75, 3.05) is 19.8 Å². The third-order valence-corrected chi connectivity index (χ3v) is 0.724. The number of nitrogens with zero attached hydrogens (tertiary/aromatic N) is 3. The van der Waals surface area contributed by atoms with E-state index in [0.717, 1.165) is 0 Å². The largest absolute Gasteiger partial charge is 0.372 e. The van der Waals surface area contributed by atoms with Crippen LogP contribution in [0.2, 0.25) is 0 Å². The Hall–Kier alpha value is -0.770. The molecule has 0 N–H and O–H groups in total. The Kier molecular flexibility index (Phi) is 5.86. The lowest BCUT2D eigenvalue weighted by molar-refractivity contribution is -0.115. The van der Waals surface area contributed by atoms with Crippen molar-refractivity contribution in [3.05, 3.63) is 10.4 Å². The smallest absolute Gasteiger partial charge is 0.247 e. The van der Waals surface area contributed by atoms with E-state index in [0.29, 0.717) is 0 Å². The van der Waals surface area contributed by atoms with Crippen molar-refractivity contribution in [1.29, 1.82) is 0 Å².